The van der Waals surface area contributed by atoms with Crippen LogP contribution in [0.15, 0.2) is 29.2 Å². The number of thioether (sulfide) groups is 1. The minimum absolute atomic E-state index is 0.0627. The highest BCUT2D eigenvalue weighted by Gasteiger charge is 2.28. The molecule has 2 heterocycles. The second kappa shape index (κ2) is 7.92. The third-order valence-corrected chi connectivity index (χ3v) is 5.54. The van der Waals surface area contributed by atoms with Crippen LogP contribution in [0.2, 0.25) is 0 Å². The van der Waals surface area contributed by atoms with Crippen molar-refractivity contribution in [3.63, 3.8) is 0 Å². The van der Waals surface area contributed by atoms with Crippen LogP contribution < -0.4 is 0 Å². The molecular formula is C18H25N3O2S. The number of carbonyl (C=O) groups excluding carboxylic acids is 2. The van der Waals surface area contributed by atoms with Gasteiger partial charge in [-0.15, -0.1) is 11.8 Å². The maximum atomic E-state index is 12.6. The van der Waals surface area contributed by atoms with Crippen molar-refractivity contribution in [1.82, 2.24) is 14.7 Å². The van der Waals surface area contributed by atoms with Crippen molar-refractivity contribution >= 4 is 23.7 Å². The SMILES string of the molecule is CSc1ccc(C(=O)N2CCN(C(=O)N3CCCCC3)CC2)cc1. The van der Waals surface area contributed by atoms with Crippen LogP contribution in [0.5, 0.6) is 0 Å². The summed E-state index contributed by atoms with van der Waals surface area (Å²) in [4.78, 5) is 32.0. The van der Waals surface area contributed by atoms with Gasteiger partial charge in [-0.05, 0) is 49.8 Å². The lowest BCUT2D eigenvalue weighted by Crippen LogP contribution is -2.54. The van der Waals surface area contributed by atoms with E-state index in [0.29, 0.717) is 26.2 Å². The second-order valence-corrected chi connectivity index (χ2v) is 7.22. The van der Waals surface area contributed by atoms with Gasteiger partial charge in [-0.3, -0.25) is 4.79 Å². The summed E-state index contributed by atoms with van der Waals surface area (Å²) in [6, 6.07) is 7.88. The van der Waals surface area contributed by atoms with E-state index in [0.717, 1.165) is 36.4 Å². The molecule has 1 aromatic rings. The number of hydrogen-bond acceptors (Lipinski definition) is 3. The normalized spacial score (nSPS) is 18.6. The van der Waals surface area contributed by atoms with Gasteiger partial charge in [0, 0.05) is 49.7 Å². The van der Waals surface area contributed by atoms with Crippen molar-refractivity contribution in [3.8, 4) is 0 Å². The quantitative estimate of drug-likeness (QED) is 0.773. The van der Waals surface area contributed by atoms with Crippen LogP contribution in [0.25, 0.3) is 0 Å². The van der Waals surface area contributed by atoms with Crippen LogP contribution in [0.1, 0.15) is 29.6 Å². The zero-order chi connectivity index (χ0) is 16.9. The number of urea groups is 1. The highest BCUT2D eigenvalue weighted by Crippen LogP contribution is 2.17. The Bertz CT molecular complexity index is 576. The molecule has 0 saturated carbocycles. The molecule has 6 heteroatoms. The van der Waals surface area contributed by atoms with Crippen LogP contribution in [-0.2, 0) is 0 Å². The van der Waals surface area contributed by atoms with Crippen LogP contribution in [0.3, 0.4) is 0 Å². The molecule has 2 aliphatic rings. The molecule has 2 aliphatic heterocycles. The van der Waals surface area contributed by atoms with Gasteiger partial charge >= 0.3 is 6.03 Å². The molecule has 5 nitrogen and oxygen atoms in total. The van der Waals surface area contributed by atoms with E-state index in [1.807, 2.05) is 45.2 Å². The minimum atomic E-state index is 0.0627. The Morgan fingerprint density at radius 2 is 1.33 bits per heavy atom. The standard InChI is InChI=1S/C18H25N3O2S/c1-24-16-7-5-15(6-8-16)17(22)19-11-13-21(14-12-19)18(23)20-9-3-2-4-10-20/h5-8H,2-4,9-14H2,1H3. The lowest BCUT2D eigenvalue weighted by molar-refractivity contribution is 0.0633. The van der Waals surface area contributed by atoms with Crippen molar-refractivity contribution < 1.29 is 9.59 Å². The average Bonchev–Trinajstić information content (AvgIpc) is 2.68. The minimum Gasteiger partial charge on any atom is -0.335 e. The van der Waals surface area contributed by atoms with Gasteiger partial charge in [0.15, 0.2) is 0 Å². The molecule has 0 aromatic heterocycles. The van der Waals surface area contributed by atoms with Crippen LogP contribution in [-0.4, -0.2) is 72.2 Å². The van der Waals surface area contributed by atoms with Crippen molar-refractivity contribution in [1.29, 1.82) is 0 Å². The van der Waals surface area contributed by atoms with E-state index in [1.54, 1.807) is 11.8 Å². The predicted molar refractivity (Wildman–Crippen MR) is 96.5 cm³/mol. The molecule has 130 valence electrons. The van der Waals surface area contributed by atoms with Crippen molar-refractivity contribution in [3.05, 3.63) is 29.8 Å². The second-order valence-electron chi connectivity index (χ2n) is 6.34. The Balaban J connectivity index is 1.54. The van der Waals surface area contributed by atoms with Gasteiger partial charge in [-0.2, -0.15) is 0 Å². The molecule has 3 rings (SSSR count). The number of likely N-dealkylation sites (tertiary alicyclic amines) is 1. The van der Waals surface area contributed by atoms with Gasteiger partial charge in [0.2, 0.25) is 0 Å². The molecular weight excluding hydrogens is 322 g/mol. The van der Waals surface area contributed by atoms with E-state index in [9.17, 15) is 9.59 Å². The number of benzene rings is 1. The van der Waals surface area contributed by atoms with Gasteiger partial charge in [0.05, 0.1) is 0 Å². The smallest absolute Gasteiger partial charge is 0.320 e. The summed E-state index contributed by atoms with van der Waals surface area (Å²) < 4.78 is 0. The first kappa shape index (κ1) is 17.1. The Morgan fingerprint density at radius 1 is 0.792 bits per heavy atom. The molecule has 1 aromatic carbocycles. The van der Waals surface area contributed by atoms with E-state index >= 15 is 0 Å². The Labute approximate surface area is 148 Å². The molecule has 0 bridgehead atoms. The highest BCUT2D eigenvalue weighted by molar-refractivity contribution is 7.98. The van der Waals surface area contributed by atoms with E-state index < -0.39 is 0 Å². The molecule has 3 amide bonds. The summed E-state index contributed by atoms with van der Waals surface area (Å²) in [6.07, 6.45) is 5.46. The number of piperidine rings is 1. The van der Waals surface area contributed by atoms with Gasteiger partial charge < -0.3 is 14.7 Å². The largest absolute Gasteiger partial charge is 0.335 e. The van der Waals surface area contributed by atoms with E-state index in [1.165, 1.54) is 6.42 Å². The fourth-order valence-electron chi connectivity index (χ4n) is 3.30. The Hall–Kier alpha value is -1.69. The number of hydrogen-bond donors (Lipinski definition) is 0. The third kappa shape index (κ3) is 3.86. The zero-order valence-electron chi connectivity index (χ0n) is 14.2. The summed E-state index contributed by atoms with van der Waals surface area (Å²) >= 11 is 1.67. The van der Waals surface area contributed by atoms with Gasteiger partial charge in [-0.25, -0.2) is 4.79 Å². The molecule has 0 atom stereocenters. The van der Waals surface area contributed by atoms with Crippen molar-refractivity contribution in [2.45, 2.75) is 24.2 Å². The fourth-order valence-corrected chi connectivity index (χ4v) is 3.71. The maximum absolute atomic E-state index is 12.6. The monoisotopic (exact) mass is 347 g/mol. The van der Waals surface area contributed by atoms with Gasteiger partial charge in [-0.1, -0.05) is 0 Å². The summed E-state index contributed by atoms with van der Waals surface area (Å²) in [6.45, 7) is 4.23. The van der Waals surface area contributed by atoms with Crippen LogP contribution in [0, 0.1) is 0 Å². The first-order valence-electron chi connectivity index (χ1n) is 8.66. The molecule has 0 radical (unpaired) electrons. The highest BCUT2D eigenvalue weighted by atomic mass is 32.2. The fraction of sp³-hybridized carbons (Fsp3) is 0.556. The average molecular weight is 347 g/mol. The summed E-state index contributed by atoms with van der Waals surface area (Å²) in [5.41, 5.74) is 0.726. The lowest BCUT2D eigenvalue weighted by atomic mass is 10.1. The topological polar surface area (TPSA) is 43.9 Å². The third-order valence-electron chi connectivity index (χ3n) is 4.80. The number of carbonyl (C=O) groups is 2. The molecule has 0 N–H and O–H groups in total. The summed E-state index contributed by atoms with van der Waals surface area (Å²) in [7, 11) is 0. The first-order chi connectivity index (χ1) is 11.7. The summed E-state index contributed by atoms with van der Waals surface area (Å²) in [5, 5.41) is 0. The Morgan fingerprint density at radius 3 is 1.92 bits per heavy atom. The molecule has 24 heavy (non-hydrogen) atoms. The molecule has 2 fully saturated rings. The molecule has 0 aliphatic carbocycles. The molecule has 0 spiro atoms. The number of piperazine rings is 1. The number of amides is 3. The van der Waals surface area contributed by atoms with Crippen molar-refractivity contribution in [2.24, 2.45) is 0 Å². The van der Waals surface area contributed by atoms with E-state index in [-0.39, 0.29) is 11.9 Å². The predicted octanol–water partition coefficient (Wildman–Crippen LogP) is 2.77. The molecule has 0 unspecified atom stereocenters. The maximum Gasteiger partial charge on any atom is 0.320 e. The zero-order valence-corrected chi connectivity index (χ0v) is 15.1. The number of rotatable bonds is 2. The van der Waals surface area contributed by atoms with Gasteiger partial charge in [0.1, 0.15) is 0 Å². The van der Waals surface area contributed by atoms with E-state index in [2.05, 4.69) is 0 Å². The van der Waals surface area contributed by atoms with E-state index in [4.69, 9.17) is 0 Å². The van der Waals surface area contributed by atoms with Crippen LogP contribution in [0.4, 0.5) is 4.79 Å². The molecule has 2 saturated heterocycles. The van der Waals surface area contributed by atoms with Gasteiger partial charge in [0.25, 0.3) is 5.91 Å². The Kier molecular flexibility index (Phi) is 5.66. The lowest BCUT2D eigenvalue weighted by Gasteiger charge is -2.38. The summed E-state index contributed by atoms with van der Waals surface area (Å²) in [5.74, 6) is 0.0627. The van der Waals surface area contributed by atoms with Crippen molar-refractivity contribution in [2.75, 3.05) is 45.5 Å². The number of nitrogens with zero attached hydrogens (tertiary/aromatic N) is 3. The first-order valence-corrected chi connectivity index (χ1v) is 9.88. The van der Waals surface area contributed by atoms with Crippen LogP contribution >= 0.6 is 11.8 Å².